The van der Waals surface area contributed by atoms with Crippen molar-refractivity contribution in [3.05, 3.63) is 120 Å². The molecule has 0 radical (unpaired) electrons. The lowest BCUT2D eigenvalue weighted by Gasteiger charge is -2.31. The maximum atomic E-state index is 13.5. The molecule has 4 aromatic rings. The lowest BCUT2D eigenvalue weighted by molar-refractivity contribution is -0.171. The second kappa shape index (κ2) is 33.7. The molecule has 2 aliphatic heterocycles. The minimum atomic E-state index is -1.23. The number of carboxylic acids is 1. The highest BCUT2D eigenvalue weighted by Crippen LogP contribution is 2.22. The molecule has 4 heterocycles. The number of likely N-dealkylation sites (N-methyl/N-ethyl adjacent to an activating group) is 2. The van der Waals surface area contributed by atoms with Crippen LogP contribution < -0.4 is 9.80 Å². The van der Waals surface area contributed by atoms with E-state index in [-0.39, 0.29) is 39.3 Å². The molecular weight excluding hydrogens is 1070 g/mol. The summed E-state index contributed by atoms with van der Waals surface area (Å²) < 4.78 is 118. The van der Waals surface area contributed by atoms with E-state index < -0.39 is 71.6 Å². The summed E-state index contributed by atoms with van der Waals surface area (Å²) in [6.07, 6.45) is 0.680. The Hall–Kier alpha value is -7.36. The monoisotopic (exact) mass is 1190 g/mol. The predicted molar refractivity (Wildman–Crippen MR) is 331 cm³/mol. The van der Waals surface area contributed by atoms with Crippen molar-refractivity contribution in [3.8, 4) is 0 Å². The van der Waals surface area contributed by atoms with Gasteiger partial charge >= 0.3 is 36.1 Å². The fourth-order valence-electron chi connectivity index (χ4n) is 8.25. The molecule has 2 aromatic carbocycles. The lowest BCUT2D eigenvalue weighted by Crippen LogP contribution is -2.47. The fourth-order valence-corrected chi connectivity index (χ4v) is 8.25. The topological polar surface area (TPSA) is 246 Å². The van der Waals surface area contributed by atoms with E-state index in [1.165, 1.54) is 19.0 Å². The van der Waals surface area contributed by atoms with E-state index in [2.05, 4.69) is 19.8 Å². The van der Waals surface area contributed by atoms with Crippen molar-refractivity contribution in [1.82, 2.24) is 19.8 Å². The molecule has 2 aliphatic rings. The van der Waals surface area contributed by atoms with Gasteiger partial charge < -0.3 is 53.2 Å². The van der Waals surface area contributed by atoms with Crippen LogP contribution >= 0.6 is 0 Å². The van der Waals surface area contributed by atoms with E-state index in [1.807, 2.05) is 113 Å². The third-order valence-corrected chi connectivity index (χ3v) is 12.6. The summed E-state index contributed by atoms with van der Waals surface area (Å²) in [6.45, 7) is 24.3. The predicted octanol–water partition coefficient (Wildman–Crippen LogP) is 10.5. The second-order valence-electron chi connectivity index (χ2n) is 23.1. The van der Waals surface area contributed by atoms with Crippen LogP contribution in [-0.4, -0.2) is 168 Å². The van der Waals surface area contributed by atoms with Crippen molar-refractivity contribution in [3.63, 3.8) is 0 Å². The SMILES string of the molecule is CC(C)C[C@@H](C(=O)O)N(C)C(=O)OC(C)(C)C.CC(C)C[C@@H](C(=O)O[C@H](Cc1ccc(N2CCOCC2)nc1)C(=O)OCc1ccccc1)N(C)C(=O)OC(C)(C)C.O=C(OCc1ccccc1)[C@H](O)Cc1ccc(N2CCOCC2)nc1.[2HH].[2H][2H].[2H][2H].[2H][2H].[2H][2H].[2H][2H].[2H][2H].[2H][2H].[2H][2H]. The molecule has 83 heavy (non-hydrogen) atoms. The summed E-state index contributed by atoms with van der Waals surface area (Å²) >= 11 is 0. The van der Waals surface area contributed by atoms with Crippen molar-refractivity contribution >= 4 is 47.7 Å². The number of aliphatic hydroxyl groups is 1. The minimum Gasteiger partial charge on any atom is -0.480 e. The third-order valence-electron chi connectivity index (χ3n) is 12.6. The molecule has 21 heteroatoms. The molecule has 0 spiro atoms. The summed E-state index contributed by atoms with van der Waals surface area (Å²) in [6, 6.07) is 24.4. The van der Waals surface area contributed by atoms with Gasteiger partial charge in [-0.3, -0.25) is 9.80 Å². The molecule has 2 aromatic heterocycles. The van der Waals surface area contributed by atoms with Crippen LogP contribution in [0.4, 0.5) is 21.2 Å². The number of aromatic nitrogens is 2. The number of benzene rings is 2. The molecule has 2 amide bonds. The highest BCUT2D eigenvalue weighted by molar-refractivity contribution is 5.85. The minimum absolute atomic E-state index is 0. The first-order valence-electron chi connectivity index (χ1n) is 36.2. The van der Waals surface area contributed by atoms with Gasteiger partial charge in [0.1, 0.15) is 48.1 Å². The number of amides is 2. The van der Waals surface area contributed by atoms with Crippen LogP contribution in [0.25, 0.3) is 0 Å². The molecule has 474 valence electrons. The van der Waals surface area contributed by atoms with Crippen molar-refractivity contribution in [2.45, 2.75) is 144 Å². The van der Waals surface area contributed by atoms with Crippen molar-refractivity contribution in [2.24, 2.45) is 11.8 Å². The van der Waals surface area contributed by atoms with Crippen LogP contribution in [0.3, 0.4) is 0 Å². The van der Waals surface area contributed by atoms with E-state index in [0.29, 0.717) is 44.8 Å². The molecular formula is C62H106N6O15. The molecule has 0 saturated carbocycles. The van der Waals surface area contributed by atoms with Crippen LogP contribution in [0.2, 0.25) is 0 Å². The Bertz CT molecular complexity index is 2670. The van der Waals surface area contributed by atoms with E-state index in [4.69, 9.17) is 62.0 Å². The fraction of sp³-hybridized carbons (Fsp3) is 0.548. The Morgan fingerprint density at radius 1 is 0.578 bits per heavy atom. The number of carbonyl (C=O) groups is 6. The number of carbonyl (C=O) groups excluding carboxylic acids is 5. The van der Waals surface area contributed by atoms with Crippen molar-refractivity contribution < 1.29 is 97.3 Å². The van der Waals surface area contributed by atoms with Crippen LogP contribution in [0.1, 0.15) is 130 Å². The van der Waals surface area contributed by atoms with Crippen LogP contribution in [0.15, 0.2) is 97.3 Å². The Balaban J connectivity index is -0.000000320. The first kappa shape index (κ1) is 56.1. The standard InChI is InChI=1S/C31H43N3O7.C19H22N2O4.C12H23NO4.9H2/c1-22(2)18-25(33(6)30(37)41-31(3,4)5)28(35)40-26(29(36)39-21-23-10-8-7-9-11-23)19-24-12-13-27(32-20-24)34-14-16-38-17-15-34;22-17(19(23)25-14-15-4-2-1-3-5-15)12-16-6-7-18(20-13-16)21-8-10-24-11-9-21;1-8(2)7-9(10(14)15)13(6)11(16)17-12(3,4)5;;;;;;;;;/h7-13,20,22,25-26H,14-19,21H2,1-6H3;1-7,13,17,22H,8-12,14H2;8-9H,7H2,1-6H3,(H,14,15);9*1H/t25-,26+;17-;9-;;;;;;;;;/m010........./s1/i;;;8*1+1D;1+1. The van der Waals surface area contributed by atoms with Crippen molar-refractivity contribution in [1.29, 1.82) is 0 Å². The van der Waals surface area contributed by atoms with Crippen molar-refractivity contribution in [2.75, 3.05) is 76.5 Å². The average Bonchev–Trinajstić information content (AvgIpc) is 0.853. The number of hydrogen-bond donors (Lipinski definition) is 2. The summed E-state index contributed by atoms with van der Waals surface area (Å²) in [5.74, 6) is -1.05. The highest BCUT2D eigenvalue weighted by atomic mass is 16.6. The van der Waals surface area contributed by atoms with Gasteiger partial charge in [-0.1, -0.05) is 100 Å². The van der Waals surface area contributed by atoms with Gasteiger partial charge in [-0.2, -0.15) is 0 Å². The first-order valence-corrected chi connectivity index (χ1v) is 28.2. The van der Waals surface area contributed by atoms with Crippen LogP contribution in [0, 0.1) is 11.8 Å². The second-order valence-corrected chi connectivity index (χ2v) is 23.1. The third kappa shape index (κ3) is 25.4. The smallest absolute Gasteiger partial charge is 0.410 e. The van der Waals surface area contributed by atoms with Gasteiger partial charge in [0.2, 0.25) is 6.10 Å². The molecule has 0 unspecified atom stereocenters. The zero-order valence-corrected chi connectivity index (χ0v) is 50.5. The highest BCUT2D eigenvalue weighted by Gasteiger charge is 2.36. The molecule has 2 saturated heterocycles. The first-order chi connectivity index (χ1) is 47.2. The average molecular weight is 1190 g/mol. The molecule has 0 aliphatic carbocycles. The molecule has 4 atom stereocenters. The number of carboxylic acid groups (broad SMARTS) is 1. The molecule has 0 bridgehead atoms. The van der Waals surface area contributed by atoms with Gasteiger partial charge in [0.25, 0.3) is 0 Å². The van der Waals surface area contributed by atoms with Gasteiger partial charge in [0.15, 0.2) is 6.10 Å². The number of aliphatic hydroxyl groups excluding tert-OH is 1. The Labute approximate surface area is 515 Å². The van der Waals surface area contributed by atoms with Crippen LogP contribution in [-0.2, 0) is 78.4 Å². The number of hydrogen-bond acceptors (Lipinski definition) is 18. The zero-order chi connectivity index (χ0) is 77.3. The van der Waals surface area contributed by atoms with Gasteiger partial charge in [-0.15, -0.1) is 0 Å². The zero-order valence-electron chi connectivity index (χ0n) is 66.5. The number of pyridine rings is 2. The maximum Gasteiger partial charge on any atom is 0.410 e. The van der Waals surface area contributed by atoms with E-state index >= 15 is 0 Å². The molecule has 2 fully saturated rings. The lowest BCUT2D eigenvalue weighted by atomic mass is 10.0. The van der Waals surface area contributed by atoms with Crippen LogP contribution in [0.5, 0.6) is 0 Å². The van der Waals surface area contributed by atoms with E-state index in [9.17, 15) is 33.9 Å². The van der Waals surface area contributed by atoms with E-state index in [1.54, 1.807) is 53.9 Å². The molecule has 21 nitrogen and oxygen atoms in total. The van der Waals surface area contributed by atoms with Gasteiger partial charge in [-0.25, -0.2) is 38.7 Å². The van der Waals surface area contributed by atoms with E-state index in [0.717, 1.165) is 59.4 Å². The number of esters is 3. The summed E-state index contributed by atoms with van der Waals surface area (Å²) in [4.78, 5) is 90.0. The number of anilines is 2. The van der Waals surface area contributed by atoms with Gasteiger partial charge in [0, 0.05) is 90.7 Å². The Kier molecular flexibility index (Phi) is 22.8. The number of nitrogens with zero attached hydrogens (tertiary/aromatic N) is 6. The quantitative estimate of drug-likeness (QED) is 0.0581. The number of aliphatic carboxylic acids is 1. The molecule has 6 rings (SSSR count). The Morgan fingerprint density at radius 3 is 1.36 bits per heavy atom. The summed E-state index contributed by atoms with van der Waals surface area (Å²) in [7, 11) is 2.95. The summed E-state index contributed by atoms with van der Waals surface area (Å²) in [5, 5.41) is 19.1. The number of ether oxygens (including phenoxy) is 7. The largest absolute Gasteiger partial charge is 0.480 e. The normalized spacial score (nSPS) is 15.7. The van der Waals surface area contributed by atoms with Gasteiger partial charge in [-0.05, 0) is 101 Å². The summed E-state index contributed by atoms with van der Waals surface area (Å²) in [5.41, 5.74) is 1.84. The number of morpholine rings is 2. The number of rotatable bonds is 21. The molecule has 2 N–H and O–H groups in total. The Morgan fingerprint density at radius 2 is 0.976 bits per heavy atom. The van der Waals surface area contributed by atoms with Gasteiger partial charge in [0.05, 0.1) is 26.4 Å². The maximum absolute atomic E-state index is 13.5.